The maximum Gasteiger partial charge on any atom is 0.265 e. The van der Waals surface area contributed by atoms with Crippen molar-refractivity contribution in [3.63, 3.8) is 0 Å². The molecule has 4 rings (SSSR count). The summed E-state index contributed by atoms with van der Waals surface area (Å²) in [5.74, 6) is -0.801. The van der Waals surface area contributed by atoms with E-state index in [0.29, 0.717) is 10.6 Å². The molecule has 0 spiro atoms. The van der Waals surface area contributed by atoms with Crippen LogP contribution in [0.15, 0.2) is 64.3 Å². The van der Waals surface area contributed by atoms with Crippen LogP contribution < -0.4 is 10.6 Å². The Hall–Kier alpha value is -2.75. The summed E-state index contributed by atoms with van der Waals surface area (Å²) in [7, 11) is 0. The molecule has 2 N–H and O–H groups in total. The van der Waals surface area contributed by atoms with Crippen molar-refractivity contribution in [3.8, 4) is 0 Å². The number of aromatic nitrogens is 1. The Bertz CT molecular complexity index is 1170. The SMILES string of the molecule is O=C(CSc1nc2ccc(NC(=O)c3cccs3)cc2s1)Nc1ccccc1F. The van der Waals surface area contributed by atoms with Gasteiger partial charge in [-0.15, -0.1) is 22.7 Å². The van der Waals surface area contributed by atoms with E-state index in [1.807, 2.05) is 23.6 Å². The largest absolute Gasteiger partial charge is 0.323 e. The summed E-state index contributed by atoms with van der Waals surface area (Å²) in [6.07, 6.45) is 0. The van der Waals surface area contributed by atoms with E-state index >= 15 is 0 Å². The Labute approximate surface area is 178 Å². The first-order valence-corrected chi connectivity index (χ1v) is 11.2. The number of benzene rings is 2. The Morgan fingerprint density at radius 2 is 1.93 bits per heavy atom. The molecule has 29 heavy (non-hydrogen) atoms. The molecule has 9 heteroatoms. The number of para-hydroxylation sites is 1. The van der Waals surface area contributed by atoms with Gasteiger partial charge in [0.25, 0.3) is 5.91 Å². The number of rotatable bonds is 6. The number of thiophene rings is 1. The number of hydrogen-bond donors (Lipinski definition) is 2. The third kappa shape index (κ3) is 4.81. The van der Waals surface area contributed by atoms with Crippen molar-refractivity contribution in [3.05, 3.63) is 70.7 Å². The third-order valence-electron chi connectivity index (χ3n) is 3.85. The van der Waals surface area contributed by atoms with Gasteiger partial charge in [0.15, 0.2) is 4.34 Å². The van der Waals surface area contributed by atoms with E-state index in [4.69, 9.17) is 0 Å². The number of carbonyl (C=O) groups is 2. The lowest BCUT2D eigenvalue weighted by Crippen LogP contribution is -2.14. The summed E-state index contributed by atoms with van der Waals surface area (Å²) >= 11 is 4.10. The molecule has 0 aliphatic carbocycles. The van der Waals surface area contributed by atoms with Gasteiger partial charge in [-0.25, -0.2) is 9.37 Å². The molecule has 0 unspecified atom stereocenters. The van der Waals surface area contributed by atoms with Crippen LogP contribution in [0.3, 0.4) is 0 Å². The average molecular weight is 444 g/mol. The van der Waals surface area contributed by atoms with E-state index in [1.54, 1.807) is 24.3 Å². The standard InChI is InChI=1S/C20H14FN3O2S3/c21-13-4-1-2-5-14(13)23-18(25)11-28-20-24-15-8-7-12(10-17(15)29-20)22-19(26)16-6-3-9-27-16/h1-10H,11H2,(H,22,26)(H,23,25). The Balaban J connectivity index is 1.39. The summed E-state index contributed by atoms with van der Waals surface area (Å²) in [5.41, 5.74) is 1.64. The van der Waals surface area contributed by atoms with Crippen molar-refractivity contribution in [2.24, 2.45) is 0 Å². The second-order valence-electron chi connectivity index (χ2n) is 5.91. The average Bonchev–Trinajstić information content (AvgIpc) is 3.37. The lowest BCUT2D eigenvalue weighted by atomic mass is 10.3. The number of nitrogens with zero attached hydrogens (tertiary/aromatic N) is 1. The number of amides is 2. The van der Waals surface area contributed by atoms with Gasteiger partial charge in [0.2, 0.25) is 5.91 Å². The van der Waals surface area contributed by atoms with Crippen molar-refractivity contribution >= 4 is 67.8 Å². The first-order chi connectivity index (χ1) is 14.1. The summed E-state index contributed by atoms with van der Waals surface area (Å²) in [4.78, 5) is 29.4. The number of thioether (sulfide) groups is 1. The number of thiazole rings is 1. The zero-order valence-electron chi connectivity index (χ0n) is 14.8. The lowest BCUT2D eigenvalue weighted by molar-refractivity contribution is -0.113. The smallest absolute Gasteiger partial charge is 0.265 e. The molecule has 0 saturated carbocycles. The highest BCUT2D eigenvalue weighted by atomic mass is 32.2. The van der Waals surface area contributed by atoms with Gasteiger partial charge in [0, 0.05) is 5.69 Å². The van der Waals surface area contributed by atoms with Crippen LogP contribution in [0.2, 0.25) is 0 Å². The normalized spacial score (nSPS) is 10.8. The molecule has 0 aliphatic rings. The zero-order valence-corrected chi connectivity index (χ0v) is 17.3. The molecular weight excluding hydrogens is 429 g/mol. The second-order valence-corrected chi connectivity index (χ2v) is 9.11. The van der Waals surface area contributed by atoms with Gasteiger partial charge in [-0.05, 0) is 41.8 Å². The van der Waals surface area contributed by atoms with Crippen LogP contribution in [0, 0.1) is 5.82 Å². The van der Waals surface area contributed by atoms with Crippen molar-refractivity contribution in [2.75, 3.05) is 16.4 Å². The molecule has 5 nitrogen and oxygen atoms in total. The molecule has 2 heterocycles. The molecule has 146 valence electrons. The first kappa shape index (κ1) is 19.6. The minimum Gasteiger partial charge on any atom is -0.323 e. The van der Waals surface area contributed by atoms with Crippen LogP contribution in [0.1, 0.15) is 9.67 Å². The van der Waals surface area contributed by atoms with E-state index in [9.17, 15) is 14.0 Å². The van der Waals surface area contributed by atoms with Crippen molar-refractivity contribution in [1.29, 1.82) is 0 Å². The zero-order chi connectivity index (χ0) is 20.2. The molecule has 0 bridgehead atoms. The molecule has 0 saturated heterocycles. The molecule has 0 aliphatic heterocycles. The molecule has 0 atom stereocenters. The van der Waals surface area contributed by atoms with Crippen LogP contribution in [-0.2, 0) is 4.79 Å². The highest BCUT2D eigenvalue weighted by Crippen LogP contribution is 2.31. The third-order valence-corrected chi connectivity index (χ3v) is 6.88. The predicted molar refractivity (Wildman–Crippen MR) is 118 cm³/mol. The number of hydrogen-bond acceptors (Lipinski definition) is 6. The minimum absolute atomic E-state index is 0.121. The van der Waals surface area contributed by atoms with Gasteiger partial charge in [-0.2, -0.15) is 0 Å². The minimum atomic E-state index is -0.469. The van der Waals surface area contributed by atoms with E-state index in [2.05, 4.69) is 15.6 Å². The quantitative estimate of drug-likeness (QED) is 0.387. The summed E-state index contributed by atoms with van der Waals surface area (Å²) in [6.45, 7) is 0. The topological polar surface area (TPSA) is 71.1 Å². The summed E-state index contributed by atoms with van der Waals surface area (Å²) in [6, 6.07) is 15.1. The van der Waals surface area contributed by atoms with Crippen LogP contribution >= 0.6 is 34.4 Å². The highest BCUT2D eigenvalue weighted by molar-refractivity contribution is 8.01. The fourth-order valence-corrected chi connectivity index (χ4v) is 5.05. The van der Waals surface area contributed by atoms with Gasteiger partial charge in [-0.1, -0.05) is 30.0 Å². The van der Waals surface area contributed by atoms with Crippen LogP contribution in [0.4, 0.5) is 15.8 Å². The van der Waals surface area contributed by atoms with E-state index in [0.717, 1.165) is 14.6 Å². The van der Waals surface area contributed by atoms with E-state index in [1.165, 1.54) is 46.6 Å². The number of carbonyl (C=O) groups excluding carboxylic acids is 2. The predicted octanol–water partition coefficient (Wildman–Crippen LogP) is 5.48. The number of halogens is 1. The Morgan fingerprint density at radius 3 is 2.72 bits per heavy atom. The molecule has 2 aromatic heterocycles. The first-order valence-electron chi connectivity index (χ1n) is 8.51. The molecule has 0 radical (unpaired) electrons. The highest BCUT2D eigenvalue weighted by Gasteiger charge is 2.12. The van der Waals surface area contributed by atoms with Crippen LogP contribution in [-0.4, -0.2) is 22.6 Å². The summed E-state index contributed by atoms with van der Waals surface area (Å²) < 4.78 is 15.2. The van der Waals surface area contributed by atoms with Gasteiger partial charge in [-0.3, -0.25) is 9.59 Å². The van der Waals surface area contributed by atoms with Gasteiger partial charge < -0.3 is 10.6 Å². The molecule has 2 amide bonds. The van der Waals surface area contributed by atoms with E-state index < -0.39 is 5.82 Å². The van der Waals surface area contributed by atoms with E-state index in [-0.39, 0.29) is 23.3 Å². The molecule has 2 aromatic carbocycles. The Morgan fingerprint density at radius 1 is 1.07 bits per heavy atom. The Kier molecular flexibility index (Phi) is 5.89. The molecule has 0 fully saturated rings. The molecular formula is C20H14FN3O2S3. The fraction of sp³-hybridized carbons (Fsp3) is 0.0500. The van der Waals surface area contributed by atoms with Crippen LogP contribution in [0.25, 0.3) is 10.2 Å². The van der Waals surface area contributed by atoms with Crippen molar-refractivity contribution < 1.29 is 14.0 Å². The van der Waals surface area contributed by atoms with Gasteiger partial charge in [0.1, 0.15) is 5.82 Å². The number of nitrogens with one attached hydrogen (secondary N) is 2. The lowest BCUT2D eigenvalue weighted by Gasteiger charge is -2.04. The van der Waals surface area contributed by atoms with Crippen molar-refractivity contribution in [2.45, 2.75) is 4.34 Å². The van der Waals surface area contributed by atoms with Crippen molar-refractivity contribution in [1.82, 2.24) is 4.98 Å². The second kappa shape index (κ2) is 8.73. The number of fused-ring (bicyclic) bond motifs is 1. The maximum absolute atomic E-state index is 13.6. The molecule has 4 aromatic rings. The van der Waals surface area contributed by atoms with Crippen LogP contribution in [0.5, 0.6) is 0 Å². The fourth-order valence-electron chi connectivity index (χ4n) is 2.52. The number of anilines is 2. The maximum atomic E-state index is 13.6. The van der Waals surface area contributed by atoms with Gasteiger partial charge >= 0.3 is 0 Å². The van der Waals surface area contributed by atoms with Gasteiger partial charge in [0.05, 0.1) is 26.5 Å². The monoisotopic (exact) mass is 443 g/mol. The summed E-state index contributed by atoms with van der Waals surface area (Å²) in [5, 5.41) is 7.28.